The molecule has 3 heterocycles. The summed E-state index contributed by atoms with van der Waals surface area (Å²) in [5, 5.41) is 18.3. The lowest BCUT2D eigenvalue weighted by atomic mass is 9.90. The monoisotopic (exact) mass is 899 g/mol. The molecule has 0 bridgehead atoms. The fraction of sp³-hybridized carbons (Fsp3) is 0.558. The maximum atomic E-state index is 14.9. The van der Waals surface area contributed by atoms with E-state index in [1.165, 1.54) is 86.6 Å². The highest BCUT2D eigenvalue weighted by Gasteiger charge is 2.54. The molecular weight excluding hydrogens is 842 g/mol. The van der Waals surface area contributed by atoms with Crippen LogP contribution in [-0.4, -0.2) is 118 Å². The highest BCUT2D eigenvalue weighted by molar-refractivity contribution is 6.50. The van der Waals surface area contributed by atoms with Crippen LogP contribution in [0.25, 0.3) is 21.9 Å². The molecule has 0 spiro atoms. The lowest BCUT2D eigenvalue weighted by Crippen LogP contribution is -2.64. The summed E-state index contributed by atoms with van der Waals surface area (Å²) in [6.45, 7) is 23.0. The minimum Gasteiger partial charge on any atom is -0.443 e. The normalized spacial score (nSPS) is 18.8. The number of urea groups is 2. The first-order valence-electron chi connectivity index (χ1n) is 20.2. The molecule has 2 aliphatic rings. The molecule has 4 rings (SSSR count). The fourth-order valence-corrected chi connectivity index (χ4v) is 6.69. The average molecular weight is 900 g/mol. The summed E-state index contributed by atoms with van der Waals surface area (Å²) in [6, 6.07) is 2.11. The molecule has 2 fully saturated rings. The van der Waals surface area contributed by atoms with Crippen LogP contribution in [0.4, 0.5) is 24.0 Å². The number of imide groups is 8. The predicted molar refractivity (Wildman–Crippen MR) is 223 cm³/mol. The Morgan fingerprint density at radius 1 is 0.500 bits per heavy atom. The molecule has 2 saturated heterocycles. The quantitative estimate of drug-likeness (QED) is 0.201. The third-order valence-corrected chi connectivity index (χ3v) is 8.97. The van der Waals surface area contributed by atoms with E-state index in [0.29, 0.717) is 4.57 Å². The number of benzene rings is 1. The highest BCUT2D eigenvalue weighted by Crippen LogP contribution is 2.32. The molecule has 350 valence electrons. The molecule has 1 aromatic heterocycles. The van der Waals surface area contributed by atoms with Gasteiger partial charge >= 0.3 is 30.3 Å². The number of fused-ring (bicyclic) bond motifs is 1. The van der Waals surface area contributed by atoms with Gasteiger partial charge in [-0.05, 0) is 73.1 Å². The number of nitrogens with zero attached hydrogens (tertiary/aromatic N) is 5. The van der Waals surface area contributed by atoms with Crippen LogP contribution in [0.1, 0.15) is 117 Å². The summed E-state index contributed by atoms with van der Waals surface area (Å²) in [4.78, 5) is 140. The van der Waals surface area contributed by atoms with Gasteiger partial charge in [0.15, 0.2) is 12.5 Å². The second kappa shape index (κ2) is 17.5. The van der Waals surface area contributed by atoms with Crippen LogP contribution in [-0.2, 0) is 43.2 Å². The van der Waals surface area contributed by atoms with E-state index in [4.69, 9.17) is 14.2 Å². The van der Waals surface area contributed by atoms with Gasteiger partial charge < -0.3 is 14.2 Å². The first kappa shape index (κ1) is 50.6. The number of barbiturate groups is 2. The molecule has 0 aliphatic carbocycles. The van der Waals surface area contributed by atoms with Crippen molar-refractivity contribution in [2.24, 2.45) is 10.8 Å². The lowest BCUT2D eigenvalue weighted by Gasteiger charge is -2.38. The van der Waals surface area contributed by atoms with Crippen molar-refractivity contribution in [2.45, 2.75) is 146 Å². The minimum atomic E-state index is -1.88. The Labute approximate surface area is 368 Å². The van der Waals surface area contributed by atoms with Crippen LogP contribution in [0.2, 0.25) is 0 Å². The number of carbonyl (C=O) groups is 9. The van der Waals surface area contributed by atoms with Gasteiger partial charge in [0.2, 0.25) is 0 Å². The summed E-state index contributed by atoms with van der Waals surface area (Å²) in [6.07, 6.45) is -8.92. The first-order valence-corrected chi connectivity index (χ1v) is 20.2. The summed E-state index contributed by atoms with van der Waals surface area (Å²) in [5.41, 5.74) is -7.88. The summed E-state index contributed by atoms with van der Waals surface area (Å²) in [5.74, 6) is -6.33. The smallest absolute Gasteiger partial charge is 0.425 e. The largest absolute Gasteiger partial charge is 0.443 e. The standard InChI is InChI=1S/C43H57N5O16/c1-39(2,3)20-24(63-58)44-30(49)26(32(51)47(34(44)53)37(56)61-42(10,11)12)28-22-18-16-17-19-23(22)29(46(28)36(55)60-41(7,8)9)27-31(50)45(25(64-59)21-40(4,5)6)35(54)48(33(27)52)38(57)62-43(13,14)15/h16-19,24-25,58-59H,20-21H2,1-15H3. The molecule has 2 unspecified atom stereocenters. The average Bonchev–Trinajstić information content (AvgIpc) is 3.41. The molecule has 1 aromatic carbocycles. The Morgan fingerprint density at radius 3 is 1.06 bits per heavy atom. The molecular formula is C43H57N5O16. The molecule has 21 nitrogen and oxygen atoms in total. The van der Waals surface area contributed by atoms with Crippen LogP contribution in [0.5, 0.6) is 0 Å². The number of hydrogen-bond donors (Lipinski definition) is 2. The van der Waals surface area contributed by atoms with Gasteiger partial charge in [0.05, 0.1) is 10.7 Å². The van der Waals surface area contributed by atoms with Gasteiger partial charge in [-0.25, -0.2) is 58.6 Å². The Balaban J connectivity index is 2.40. The highest BCUT2D eigenvalue weighted by atomic mass is 17.1. The zero-order valence-corrected chi connectivity index (χ0v) is 38.7. The van der Waals surface area contributed by atoms with Crippen molar-refractivity contribution in [3.63, 3.8) is 0 Å². The molecule has 21 heteroatoms. The molecule has 64 heavy (non-hydrogen) atoms. The number of carbonyl (C=O) groups excluding carboxylic acids is 9. The van der Waals surface area contributed by atoms with Crippen LogP contribution in [0.15, 0.2) is 24.3 Å². The fourth-order valence-electron chi connectivity index (χ4n) is 6.69. The van der Waals surface area contributed by atoms with E-state index in [2.05, 4.69) is 9.78 Å². The van der Waals surface area contributed by atoms with E-state index in [1.807, 2.05) is 0 Å². The molecule has 10 amide bonds. The van der Waals surface area contributed by atoms with Gasteiger partial charge in [-0.2, -0.15) is 9.80 Å². The van der Waals surface area contributed by atoms with Crippen molar-refractivity contribution >= 4 is 75.9 Å². The second-order valence-corrected chi connectivity index (χ2v) is 20.6. The molecule has 2 aliphatic heterocycles. The Hall–Kier alpha value is -6.03. The second-order valence-electron chi connectivity index (χ2n) is 20.6. The van der Waals surface area contributed by atoms with E-state index in [9.17, 15) is 53.7 Å². The molecule has 2 N–H and O–H groups in total. The molecule has 0 saturated carbocycles. The molecule has 2 atom stereocenters. The summed E-state index contributed by atoms with van der Waals surface area (Å²) < 4.78 is 17.0. The first-order chi connectivity index (χ1) is 29.1. The van der Waals surface area contributed by atoms with Crippen molar-refractivity contribution in [3.05, 3.63) is 35.0 Å². The predicted octanol–water partition coefficient (Wildman–Crippen LogP) is 5.68. The van der Waals surface area contributed by atoms with Gasteiger partial charge in [0.25, 0.3) is 23.6 Å². The van der Waals surface area contributed by atoms with E-state index >= 15 is 0 Å². The zero-order valence-electron chi connectivity index (χ0n) is 38.7. The van der Waals surface area contributed by atoms with Crippen LogP contribution >= 0.6 is 0 Å². The van der Waals surface area contributed by atoms with Gasteiger partial charge in [-0.1, -0.05) is 65.8 Å². The zero-order chi connectivity index (χ0) is 49.0. The van der Waals surface area contributed by atoms with E-state index in [-0.39, 0.29) is 43.2 Å². The van der Waals surface area contributed by atoms with Crippen molar-refractivity contribution in [2.75, 3.05) is 0 Å². The molecule has 0 radical (unpaired) electrons. The van der Waals surface area contributed by atoms with Gasteiger partial charge in [0, 0.05) is 23.6 Å². The Morgan fingerprint density at radius 2 is 0.797 bits per heavy atom. The SMILES string of the molecule is CC(C)(C)CC(OO)N1C(=O)C(=c2c3ccccc3c(=C3C(=O)N(C(=O)OC(C)(C)C)C(=O)N(C(CC(C)(C)C)OO)C3=O)n2C(=O)OC(C)(C)C)C(=O)N(C(=O)OC(C)(C)C)C1=O. The summed E-state index contributed by atoms with van der Waals surface area (Å²) >= 11 is 0. The van der Waals surface area contributed by atoms with E-state index < -0.39 is 116 Å². The number of amides is 10. The maximum absolute atomic E-state index is 14.9. The van der Waals surface area contributed by atoms with Crippen molar-refractivity contribution in [1.82, 2.24) is 24.2 Å². The van der Waals surface area contributed by atoms with Gasteiger partial charge in [-0.3, -0.25) is 19.2 Å². The van der Waals surface area contributed by atoms with E-state index in [0.717, 1.165) is 0 Å². The van der Waals surface area contributed by atoms with Crippen molar-refractivity contribution in [1.29, 1.82) is 0 Å². The van der Waals surface area contributed by atoms with Crippen LogP contribution < -0.4 is 10.7 Å². The topological polar surface area (TPSA) is 258 Å². The number of rotatable bonds is 6. The third-order valence-electron chi connectivity index (χ3n) is 8.97. The number of aromatic nitrogens is 1. The maximum Gasteiger partial charge on any atom is 0.425 e. The van der Waals surface area contributed by atoms with Gasteiger partial charge in [0.1, 0.15) is 27.9 Å². The Bertz CT molecular complexity index is 2280. The molecule has 2 aromatic rings. The number of ether oxygens (including phenoxy) is 3. The van der Waals surface area contributed by atoms with Crippen LogP contribution in [0.3, 0.4) is 0 Å². The Kier molecular flexibility index (Phi) is 13.8. The lowest BCUT2D eigenvalue weighted by molar-refractivity contribution is -0.308. The van der Waals surface area contributed by atoms with Crippen molar-refractivity contribution in [3.8, 4) is 0 Å². The minimum absolute atomic E-state index is 0.0398. The number of hydrogen-bond acceptors (Lipinski definition) is 16. The summed E-state index contributed by atoms with van der Waals surface area (Å²) in [7, 11) is 0. The van der Waals surface area contributed by atoms with Crippen LogP contribution in [0, 0.1) is 10.8 Å². The van der Waals surface area contributed by atoms with E-state index in [1.54, 1.807) is 41.5 Å². The third kappa shape index (κ3) is 10.7. The van der Waals surface area contributed by atoms with Crippen molar-refractivity contribution < 1.29 is 77.7 Å². The van der Waals surface area contributed by atoms with Gasteiger partial charge in [-0.15, -0.1) is 0 Å².